The molecule has 2 aromatic heterocycles. The predicted molar refractivity (Wildman–Crippen MR) is 131 cm³/mol. The molecule has 0 bridgehead atoms. The number of ether oxygens (including phenoxy) is 1. The Hall–Kier alpha value is -3.15. The highest BCUT2D eigenvalue weighted by Gasteiger charge is 2.23. The highest BCUT2D eigenvalue weighted by Crippen LogP contribution is 2.26. The third kappa shape index (κ3) is 5.49. The lowest BCUT2D eigenvalue weighted by atomic mass is 9.95. The number of hydrogen-bond acceptors (Lipinski definition) is 6. The molecule has 1 amide bonds. The van der Waals surface area contributed by atoms with Crippen molar-refractivity contribution in [3.8, 4) is 11.8 Å². The second-order valence-electron chi connectivity index (χ2n) is 9.66. The first-order valence-electron chi connectivity index (χ1n) is 11.4. The van der Waals surface area contributed by atoms with Crippen molar-refractivity contribution in [2.45, 2.75) is 51.6 Å². The van der Waals surface area contributed by atoms with Gasteiger partial charge in [-0.3, -0.25) is 4.79 Å². The molecule has 8 heteroatoms. The van der Waals surface area contributed by atoms with Gasteiger partial charge in [-0.25, -0.2) is 0 Å². The minimum Gasteiger partial charge on any atom is -0.491 e. The van der Waals surface area contributed by atoms with E-state index in [4.69, 9.17) is 9.15 Å². The number of likely N-dealkylation sites (N-methyl/N-ethyl adjacent to an activating group) is 1. The zero-order valence-corrected chi connectivity index (χ0v) is 20.9. The molecule has 0 N–H and O–H groups in total. The molecule has 1 aromatic carbocycles. The molecular weight excluding hydrogens is 448 g/mol. The lowest BCUT2D eigenvalue weighted by molar-refractivity contribution is 0.0992. The van der Waals surface area contributed by atoms with Crippen molar-refractivity contribution in [1.82, 2.24) is 9.47 Å². The quantitative estimate of drug-likeness (QED) is 0.518. The number of aromatic nitrogens is 1. The molecule has 34 heavy (non-hydrogen) atoms. The third-order valence-corrected chi connectivity index (χ3v) is 7.45. The summed E-state index contributed by atoms with van der Waals surface area (Å²) in [5.41, 5.74) is 0.609. The van der Waals surface area contributed by atoms with Gasteiger partial charge < -0.3 is 18.6 Å². The maximum atomic E-state index is 13.4. The predicted octanol–water partition coefficient (Wildman–Crippen LogP) is 4.57. The topological polar surface area (TPSA) is 83.8 Å². The van der Waals surface area contributed by atoms with Crippen molar-refractivity contribution < 1.29 is 13.9 Å². The molecule has 7 nitrogen and oxygen atoms in total. The van der Waals surface area contributed by atoms with Crippen LogP contribution in [0.5, 0.6) is 5.75 Å². The Kier molecular flexibility index (Phi) is 7.05. The molecule has 4 rings (SSSR count). The molecule has 0 unspecified atom stereocenters. The lowest BCUT2D eigenvalue weighted by Crippen LogP contribution is -2.30. The van der Waals surface area contributed by atoms with Crippen LogP contribution in [0.2, 0.25) is 0 Å². The van der Waals surface area contributed by atoms with Crippen molar-refractivity contribution >= 4 is 17.2 Å². The first-order chi connectivity index (χ1) is 16.2. The maximum Gasteiger partial charge on any atom is 0.283 e. The summed E-state index contributed by atoms with van der Waals surface area (Å²) < 4.78 is 13.5. The maximum absolute atomic E-state index is 13.4. The van der Waals surface area contributed by atoms with Crippen LogP contribution in [0, 0.1) is 11.3 Å². The van der Waals surface area contributed by atoms with Gasteiger partial charge in [0.1, 0.15) is 18.1 Å². The highest BCUT2D eigenvalue weighted by molar-refractivity contribution is 7.09. The van der Waals surface area contributed by atoms with E-state index in [0.29, 0.717) is 40.9 Å². The zero-order valence-electron chi connectivity index (χ0n) is 20.1. The normalized spacial score (nSPS) is 17.1. The summed E-state index contributed by atoms with van der Waals surface area (Å²) in [6.07, 6.45) is 5.87. The molecule has 0 saturated carbocycles. The summed E-state index contributed by atoms with van der Waals surface area (Å²) in [5, 5.41) is 9.39. The van der Waals surface area contributed by atoms with Gasteiger partial charge in [-0.15, -0.1) is 11.3 Å². The average Bonchev–Trinajstić information content (AvgIpc) is 3.55. The number of likely N-dealkylation sites (tertiary alicyclic amines) is 1. The molecule has 1 fully saturated rings. The number of carbonyl (C=O) groups is 1. The average molecular weight is 479 g/mol. The minimum atomic E-state index is -0.428. The van der Waals surface area contributed by atoms with Gasteiger partial charge >= 0.3 is 0 Å². The van der Waals surface area contributed by atoms with Gasteiger partial charge in [0.25, 0.3) is 5.91 Å². The van der Waals surface area contributed by atoms with Crippen LogP contribution >= 0.6 is 11.3 Å². The summed E-state index contributed by atoms with van der Waals surface area (Å²) in [6.45, 7) is 8.40. The Morgan fingerprint density at radius 2 is 2.18 bits per heavy atom. The van der Waals surface area contributed by atoms with Crippen LogP contribution in [0.25, 0.3) is 0 Å². The van der Waals surface area contributed by atoms with Gasteiger partial charge in [-0.2, -0.15) is 10.3 Å². The fourth-order valence-electron chi connectivity index (χ4n) is 3.91. The number of hydrogen-bond donors (Lipinski definition) is 0. The molecular formula is C26H30N4O3S. The second-order valence-corrected chi connectivity index (χ2v) is 10.7. The number of amides is 1. The molecule has 1 saturated heterocycles. The Bertz CT molecular complexity index is 1260. The van der Waals surface area contributed by atoms with Gasteiger partial charge in [0.05, 0.1) is 30.0 Å². The number of benzene rings is 1. The van der Waals surface area contributed by atoms with Crippen LogP contribution in [0.4, 0.5) is 0 Å². The fourth-order valence-corrected chi connectivity index (χ4v) is 4.96. The van der Waals surface area contributed by atoms with Crippen molar-refractivity contribution in [2.75, 3.05) is 20.2 Å². The van der Waals surface area contributed by atoms with Crippen LogP contribution in [0.1, 0.15) is 60.2 Å². The van der Waals surface area contributed by atoms with E-state index in [1.54, 1.807) is 24.5 Å². The van der Waals surface area contributed by atoms with E-state index in [-0.39, 0.29) is 5.41 Å². The summed E-state index contributed by atoms with van der Waals surface area (Å²) in [4.78, 5) is 21.8. The van der Waals surface area contributed by atoms with Crippen molar-refractivity contribution in [2.24, 2.45) is 4.99 Å². The van der Waals surface area contributed by atoms with E-state index in [9.17, 15) is 10.1 Å². The van der Waals surface area contributed by atoms with E-state index in [1.165, 1.54) is 11.3 Å². The zero-order chi connectivity index (χ0) is 24.3. The summed E-state index contributed by atoms with van der Waals surface area (Å²) >= 11 is 1.48. The molecule has 3 heterocycles. The first-order valence-corrected chi connectivity index (χ1v) is 12.3. The Labute approximate surface area is 203 Å². The van der Waals surface area contributed by atoms with Gasteiger partial charge in [0.15, 0.2) is 4.80 Å². The summed E-state index contributed by atoms with van der Waals surface area (Å²) in [7, 11) is 2.09. The van der Waals surface area contributed by atoms with Crippen molar-refractivity contribution in [1.29, 1.82) is 5.26 Å². The Morgan fingerprint density at radius 1 is 1.35 bits per heavy atom. The van der Waals surface area contributed by atoms with Crippen molar-refractivity contribution in [3.63, 3.8) is 0 Å². The number of rotatable bonds is 6. The van der Waals surface area contributed by atoms with Crippen molar-refractivity contribution in [3.05, 3.63) is 69.4 Å². The molecule has 178 valence electrons. The van der Waals surface area contributed by atoms with E-state index in [2.05, 4.69) is 43.8 Å². The van der Waals surface area contributed by atoms with E-state index < -0.39 is 5.91 Å². The number of carbonyl (C=O) groups excluding carboxylic acids is 1. The smallest absolute Gasteiger partial charge is 0.283 e. The van der Waals surface area contributed by atoms with Gasteiger partial charge in [-0.05, 0) is 62.2 Å². The van der Waals surface area contributed by atoms with Gasteiger partial charge in [0, 0.05) is 17.1 Å². The molecule has 3 aromatic rings. The van der Waals surface area contributed by atoms with Crippen LogP contribution in [-0.4, -0.2) is 41.6 Å². The SMILES string of the molecule is CN1CCC[C@@H]1COc1ccc(C#N)cc1C(=O)N=c1sc(C(C)(C)C)cn1Cc1ccco1. The van der Waals surface area contributed by atoms with Crippen LogP contribution < -0.4 is 9.54 Å². The number of nitrogens with zero attached hydrogens (tertiary/aromatic N) is 4. The van der Waals surface area contributed by atoms with E-state index >= 15 is 0 Å². The standard InChI is InChI=1S/C26H30N4O3S/c1-26(2,3)23-16-30(15-20-8-6-12-32-20)25(34-23)28-24(31)21-13-18(14-27)9-10-22(21)33-17-19-7-5-11-29(19)4/h6,8-10,12-13,16,19H,5,7,11,15,17H2,1-4H3/t19-/m1/s1. The Morgan fingerprint density at radius 3 is 2.82 bits per heavy atom. The lowest BCUT2D eigenvalue weighted by Gasteiger charge is -2.20. The van der Waals surface area contributed by atoms with Gasteiger partial charge in [-0.1, -0.05) is 20.8 Å². The first kappa shape index (κ1) is 24.0. The monoisotopic (exact) mass is 478 g/mol. The van der Waals surface area contributed by atoms with E-state index in [0.717, 1.165) is 30.0 Å². The van der Waals surface area contributed by atoms with Crippen LogP contribution in [-0.2, 0) is 12.0 Å². The number of thiazole rings is 1. The molecule has 1 aliphatic heterocycles. The van der Waals surface area contributed by atoms with Crippen LogP contribution in [0.3, 0.4) is 0 Å². The third-order valence-electron chi connectivity index (χ3n) is 6.00. The molecule has 0 radical (unpaired) electrons. The summed E-state index contributed by atoms with van der Waals surface area (Å²) in [6, 6.07) is 11.1. The van der Waals surface area contributed by atoms with E-state index in [1.807, 2.05) is 22.9 Å². The largest absolute Gasteiger partial charge is 0.491 e. The molecule has 0 aliphatic carbocycles. The molecule has 1 atom stereocenters. The Balaban J connectivity index is 1.68. The number of furan rings is 1. The molecule has 0 spiro atoms. The second kappa shape index (κ2) is 10.00. The van der Waals surface area contributed by atoms with Crippen LogP contribution in [0.15, 0.2) is 52.2 Å². The number of nitriles is 1. The minimum absolute atomic E-state index is 0.0886. The highest BCUT2D eigenvalue weighted by atomic mass is 32.1. The molecule has 1 aliphatic rings. The fraction of sp³-hybridized carbons (Fsp3) is 0.423. The van der Waals surface area contributed by atoms with Gasteiger partial charge in [0.2, 0.25) is 0 Å². The summed E-state index contributed by atoms with van der Waals surface area (Å²) in [5.74, 6) is 0.809.